The van der Waals surface area contributed by atoms with Gasteiger partial charge in [0, 0.05) is 59.2 Å². The lowest BCUT2D eigenvalue weighted by molar-refractivity contribution is -0.334. The Morgan fingerprint density at radius 2 is 1.36 bits per heavy atom. The maximum Gasteiger partial charge on any atom is 0.418 e. The van der Waals surface area contributed by atoms with Crippen molar-refractivity contribution in [3.63, 3.8) is 0 Å². The third-order valence-electron chi connectivity index (χ3n) is 22.2. The van der Waals surface area contributed by atoms with Crippen molar-refractivity contribution in [2.45, 2.75) is 169 Å². The SMILES string of the molecule is CN[C@@H](CC(C)C)C(=O)N[C@H]1C(=O)N[C@@H](CC(N)=O)C(=O)NC2C(=O)N[C@@H]3C(=O)N[C@@H](C(=O)N[C@@H](C(=O)O)c4cc(O)cc(O)c4-c4cc3ccc4O)[C@H](O)c3ccc(c(Cl)c3)Oc3cc2cc(c3OC2O[C@H](CO)[C@@H](O)[C@@H](O)[C@H]2O[C@H]2CC(C)(NCc3ccc(C(=O)Nc4ccc(N5CCOCC5)c(C(F)(F)F)c4)o3)[C@@H](O)[C@@H](C)O2)Oc2ccc(cc2Cl)[C@H]1O. The molecule has 6 aromatic carbocycles. The summed E-state index contributed by atoms with van der Waals surface area (Å²) in [5.41, 5.74) is -0.139. The number of alkyl halides is 3. The lowest BCUT2D eigenvalue weighted by Gasteiger charge is -2.48. The van der Waals surface area contributed by atoms with Gasteiger partial charge < -0.3 is 147 Å². The molecule has 8 aliphatic heterocycles. The van der Waals surface area contributed by atoms with Gasteiger partial charge in [-0.05, 0) is 140 Å². The van der Waals surface area contributed by atoms with Crippen molar-refractivity contribution in [2.75, 3.05) is 50.2 Å². The number of nitrogens with two attached hydrogens (primary N) is 1. The first-order valence-corrected chi connectivity index (χ1v) is 40.3. The van der Waals surface area contributed by atoms with E-state index in [1.54, 1.807) is 20.8 Å². The summed E-state index contributed by atoms with van der Waals surface area (Å²) in [5.74, 6) is -17.9. The first-order valence-electron chi connectivity index (χ1n) is 39.6. The lowest BCUT2D eigenvalue weighted by Crippen LogP contribution is -2.65. The van der Waals surface area contributed by atoms with Crippen molar-refractivity contribution in [1.29, 1.82) is 0 Å². The van der Waals surface area contributed by atoms with E-state index in [1.807, 2.05) is 0 Å². The Balaban J connectivity index is 0.928. The molecule has 21 N–H and O–H groups in total. The van der Waals surface area contributed by atoms with Gasteiger partial charge in [0.15, 0.2) is 35.7 Å². The van der Waals surface area contributed by atoms with Crippen molar-refractivity contribution in [1.82, 2.24) is 42.5 Å². The molecule has 0 spiro atoms. The molecule has 11 bridgehead atoms. The number of carboxylic acids is 1. The number of carboxylic acid groups (broad SMARTS) is 1. The van der Waals surface area contributed by atoms with Crippen molar-refractivity contribution < 1.29 is 145 Å². The number of hydrogen-bond acceptors (Lipinski definition) is 29. The van der Waals surface area contributed by atoms with E-state index in [4.69, 9.17) is 66.5 Å². The Labute approximate surface area is 724 Å². The average Bonchev–Trinajstić information content (AvgIpc) is 0.793. The minimum Gasteiger partial charge on any atom is -0.508 e. The highest BCUT2D eigenvalue weighted by Gasteiger charge is 2.53. The molecule has 0 radical (unpaired) electrons. The van der Waals surface area contributed by atoms with Gasteiger partial charge in [0.25, 0.3) is 5.91 Å². The van der Waals surface area contributed by atoms with Gasteiger partial charge in [0.1, 0.15) is 95.2 Å². The zero-order chi connectivity index (χ0) is 91.0. The number of furan rings is 1. The van der Waals surface area contributed by atoms with E-state index >= 15 is 14.4 Å². The van der Waals surface area contributed by atoms with Gasteiger partial charge in [-0.2, -0.15) is 13.2 Å². The lowest BCUT2D eigenvalue weighted by atomic mass is 9.85. The number of primary amides is 1. The molecule has 3 saturated heterocycles. The second-order valence-corrected chi connectivity index (χ2v) is 32.3. The number of halogens is 5. The van der Waals surface area contributed by atoms with Crippen LogP contribution in [0.3, 0.4) is 0 Å². The molecule has 3 fully saturated rings. The van der Waals surface area contributed by atoms with Gasteiger partial charge in [-0.3, -0.25) is 38.4 Å². The van der Waals surface area contributed by atoms with Crippen LogP contribution < -0.4 is 72.7 Å². The van der Waals surface area contributed by atoms with Gasteiger partial charge in [0.05, 0.1) is 66.6 Å². The van der Waals surface area contributed by atoms with Crippen LogP contribution >= 0.6 is 23.2 Å². The number of carbonyl (C=O) groups excluding carboxylic acids is 8. The quantitative estimate of drug-likeness (QED) is 0.0549. The molecule has 15 rings (SSSR count). The van der Waals surface area contributed by atoms with Crippen LogP contribution in [0, 0.1) is 5.92 Å². The summed E-state index contributed by atoms with van der Waals surface area (Å²) in [6, 6.07) is 4.59. The molecule has 9 heterocycles. The molecule has 1 aromatic heterocycles. The highest BCUT2D eigenvalue weighted by molar-refractivity contribution is 6.32. The van der Waals surface area contributed by atoms with Crippen LogP contribution in [0.4, 0.5) is 24.5 Å². The Morgan fingerprint density at radius 3 is 1.98 bits per heavy atom. The average molecular weight is 1800 g/mol. The van der Waals surface area contributed by atoms with Crippen molar-refractivity contribution in [3.05, 3.63) is 164 Å². The zero-order valence-electron chi connectivity index (χ0n) is 67.5. The monoisotopic (exact) mass is 1800 g/mol. The van der Waals surface area contributed by atoms with Gasteiger partial charge in [0.2, 0.25) is 53.4 Å². The third-order valence-corrected chi connectivity index (χ3v) is 22.8. The van der Waals surface area contributed by atoms with Gasteiger partial charge in [-0.1, -0.05) is 55.2 Å². The first kappa shape index (κ1) is 92.0. The predicted molar refractivity (Wildman–Crippen MR) is 433 cm³/mol. The minimum atomic E-state index is -4.81. The number of likely N-dealkylation sites (N-methyl/N-ethyl adjacent to an activating group) is 1. The van der Waals surface area contributed by atoms with Gasteiger partial charge >= 0.3 is 12.1 Å². The number of phenols is 3. The van der Waals surface area contributed by atoms with Crippen LogP contribution in [0.15, 0.2) is 114 Å². The molecule has 43 heteroatoms. The predicted octanol–water partition coefficient (Wildman–Crippen LogP) is 3.64. The summed E-state index contributed by atoms with van der Waals surface area (Å²) in [5, 5.41) is 139. The largest absolute Gasteiger partial charge is 0.508 e. The number of amides is 8. The number of aromatic hydroxyl groups is 3. The smallest absolute Gasteiger partial charge is 0.418 e. The van der Waals surface area contributed by atoms with Gasteiger partial charge in [-0.25, -0.2) is 4.79 Å². The highest BCUT2D eigenvalue weighted by Crippen LogP contribution is 2.51. The van der Waals surface area contributed by atoms with E-state index in [0.717, 1.165) is 78.9 Å². The van der Waals surface area contributed by atoms with E-state index in [0.29, 0.717) is 0 Å². The number of fused-ring (bicyclic) bond motifs is 15. The van der Waals surface area contributed by atoms with Crippen molar-refractivity contribution >= 4 is 87.8 Å². The number of morpholine rings is 1. The second-order valence-electron chi connectivity index (χ2n) is 31.5. The number of aliphatic hydroxyl groups is 6. The topological polar surface area (TPSA) is 571 Å². The highest BCUT2D eigenvalue weighted by atomic mass is 35.5. The number of nitrogens with one attached hydrogen (secondary N) is 9. The van der Waals surface area contributed by atoms with E-state index < -0.39 is 271 Å². The fraction of sp³-hybridized carbons (Fsp3) is 0.410. The Kier molecular flexibility index (Phi) is 27.6. The summed E-state index contributed by atoms with van der Waals surface area (Å²) in [6.07, 6.45) is -24.9. The van der Waals surface area contributed by atoms with Crippen LogP contribution in [0.2, 0.25) is 10.0 Å². The Morgan fingerprint density at radius 1 is 0.714 bits per heavy atom. The maximum absolute atomic E-state index is 16.2. The molecule has 674 valence electrons. The molecule has 126 heavy (non-hydrogen) atoms. The summed E-state index contributed by atoms with van der Waals surface area (Å²) >= 11 is 14.3. The molecule has 7 aromatic rings. The Hall–Kier alpha value is -11.7. The van der Waals surface area contributed by atoms with E-state index in [-0.39, 0.29) is 85.6 Å². The zero-order valence-corrected chi connectivity index (χ0v) is 69.0. The number of aliphatic hydroxyl groups excluding tert-OH is 6. The fourth-order valence-corrected chi connectivity index (χ4v) is 16.1. The number of anilines is 2. The number of hydrogen-bond donors (Lipinski definition) is 20. The fourth-order valence-electron chi connectivity index (χ4n) is 15.6. The summed E-state index contributed by atoms with van der Waals surface area (Å²) in [4.78, 5) is 133. The van der Waals surface area contributed by atoms with Crippen LogP contribution in [0.1, 0.15) is 127 Å². The number of rotatable bonds is 19. The van der Waals surface area contributed by atoms with Crippen molar-refractivity contribution in [2.24, 2.45) is 11.7 Å². The number of phenolic OH excluding ortho intramolecular Hbond substituents is 3. The van der Waals surface area contributed by atoms with E-state index in [2.05, 4.69) is 47.9 Å². The van der Waals surface area contributed by atoms with Crippen LogP contribution in [0.5, 0.6) is 46.0 Å². The summed E-state index contributed by atoms with van der Waals surface area (Å²) in [7, 11) is 1.45. The molecular formula is C83H90Cl2F3N11O27. The molecule has 3 unspecified atom stereocenters. The molecular weight excluding hydrogens is 1710 g/mol. The maximum atomic E-state index is 16.2. The first-order chi connectivity index (χ1) is 59.7. The summed E-state index contributed by atoms with van der Waals surface area (Å²) in [6.45, 7) is 6.11. The standard InChI is InChI=1S/C83H90Cl2F3N11O27/c1-33(2)20-47(90-5)73(110)97-64-66(105)36-7-13-52(45(84)22-36)122-55-24-38-25-56(70(55)126-81-71(69(108)68(107)57(32-100)124-81)125-59-30-82(4,72(109)34(3)120-59)91-31-41-10-15-54(121-41)75(112)92-39-9-11-49(44(26-39)83(86,87)88)99-16-18-119-19-17-99)123-53-14-8-37(23-46(53)85)67(106)65-79(116)96-63(80(117)118)43-27-40(101)28-51(103)60(43)42-21-35(6-12-50(42)102)61(76(113)98-65)95-77(114)62(38)94-74(111)48(29-58(89)104)93-78(64)115/h6-15,21-28,33-34,47-48,57,59,61-69,71-72,81,90-91,100-103,105-109H,16-20,29-32H2,1-5H3,(H2,89,104)(H,92,112)(H,93,115)(H,94,111)(H,95,114)(H,96,116)(H,97,110)(H,98,113)(H,117,118)/t34-,47+,48+,57-,59+,61+,62?,63-,64-,65-,66-,67-,68-,69-,71-,72+,81?,82?/m1/s1. The molecule has 8 amide bonds. The number of aliphatic carboxylic acids is 1. The molecule has 18 atom stereocenters. The molecule has 0 saturated carbocycles. The number of ether oxygens (including phenoxy) is 7. The Bertz CT molecular complexity index is 5360. The van der Waals surface area contributed by atoms with Crippen LogP contribution in [0.25, 0.3) is 11.1 Å². The van der Waals surface area contributed by atoms with E-state index in [1.165, 1.54) is 49.2 Å². The van der Waals surface area contributed by atoms with Gasteiger partial charge in [-0.15, -0.1) is 0 Å². The van der Waals surface area contributed by atoms with Crippen LogP contribution in [-0.2, 0) is 70.0 Å². The minimum absolute atomic E-state index is 0.0783. The van der Waals surface area contributed by atoms with E-state index in [9.17, 15) is 93.0 Å². The number of nitrogens with zero attached hydrogens (tertiary/aromatic N) is 1. The summed E-state index contributed by atoms with van der Waals surface area (Å²) < 4.78 is 93.9. The molecule has 8 aliphatic rings. The second kappa shape index (κ2) is 37.9. The van der Waals surface area contributed by atoms with Crippen LogP contribution in [-0.4, -0.2) is 223 Å². The number of carbonyl (C=O) groups is 9. The van der Waals surface area contributed by atoms with Crippen molar-refractivity contribution in [3.8, 4) is 57.1 Å². The normalized spacial score (nSPS) is 26.8. The third kappa shape index (κ3) is 19.9. The molecule has 38 nitrogen and oxygen atoms in total. The molecule has 0 aliphatic carbocycles. The number of benzene rings is 6.